The zero-order valence-corrected chi connectivity index (χ0v) is 7.90. The van der Waals surface area contributed by atoms with Gasteiger partial charge in [0.2, 0.25) is 0 Å². The van der Waals surface area contributed by atoms with Gasteiger partial charge in [-0.3, -0.25) is 0 Å². The van der Waals surface area contributed by atoms with Gasteiger partial charge in [-0.1, -0.05) is 34.6 Å². The lowest BCUT2D eigenvalue weighted by atomic mass is 9.84. The van der Waals surface area contributed by atoms with Crippen LogP contribution in [0, 0.1) is 11.3 Å². The summed E-state index contributed by atoms with van der Waals surface area (Å²) in [5.41, 5.74) is 0.431. The molecular weight excluding hydrogens is 124 g/mol. The van der Waals surface area contributed by atoms with Crippen LogP contribution in [0.5, 0.6) is 0 Å². The molecule has 1 saturated heterocycles. The van der Waals surface area contributed by atoms with Crippen molar-refractivity contribution in [3.05, 3.63) is 0 Å². The predicted molar refractivity (Wildman–Crippen MR) is 45.1 cm³/mol. The summed E-state index contributed by atoms with van der Waals surface area (Å²) < 4.78 is 5.27. The Morgan fingerprint density at radius 3 is 1.90 bits per heavy atom. The molecule has 1 nitrogen and oxygen atoms in total. The van der Waals surface area contributed by atoms with Crippen molar-refractivity contribution < 1.29 is 4.74 Å². The highest BCUT2D eigenvalue weighted by Gasteiger charge is 2.31. The Balaban J connectivity index is 0.000000371. The zero-order valence-electron chi connectivity index (χ0n) is 7.90. The summed E-state index contributed by atoms with van der Waals surface area (Å²) in [6.07, 6.45) is 0. The maximum absolute atomic E-state index is 5.27. The average Bonchev–Trinajstić information content (AvgIpc) is 2.17. The lowest BCUT2D eigenvalue weighted by Crippen LogP contribution is -2.18. The van der Waals surface area contributed by atoms with Crippen LogP contribution in [0.15, 0.2) is 0 Å². The van der Waals surface area contributed by atoms with Crippen LogP contribution in [0.3, 0.4) is 0 Å². The summed E-state index contributed by atoms with van der Waals surface area (Å²) in [5, 5.41) is 0. The summed E-state index contributed by atoms with van der Waals surface area (Å²) >= 11 is 0. The number of ether oxygens (including phenoxy) is 1. The first-order valence-electron chi connectivity index (χ1n) is 4.21. The van der Waals surface area contributed by atoms with Crippen molar-refractivity contribution in [3.63, 3.8) is 0 Å². The maximum Gasteiger partial charge on any atom is 0.0520 e. The van der Waals surface area contributed by atoms with E-state index in [4.69, 9.17) is 4.74 Å². The fourth-order valence-corrected chi connectivity index (χ4v) is 0.867. The fourth-order valence-electron chi connectivity index (χ4n) is 0.867. The normalized spacial score (nSPS) is 29.1. The SMILES string of the molecule is CC.CC1COCC1(C)C. The van der Waals surface area contributed by atoms with E-state index in [0.717, 1.165) is 19.1 Å². The lowest BCUT2D eigenvalue weighted by Gasteiger charge is -2.19. The van der Waals surface area contributed by atoms with Gasteiger partial charge < -0.3 is 4.74 Å². The van der Waals surface area contributed by atoms with Gasteiger partial charge in [0.05, 0.1) is 6.61 Å². The monoisotopic (exact) mass is 144 g/mol. The van der Waals surface area contributed by atoms with Crippen molar-refractivity contribution in [2.75, 3.05) is 13.2 Å². The second kappa shape index (κ2) is 3.97. The van der Waals surface area contributed by atoms with E-state index >= 15 is 0 Å². The summed E-state index contributed by atoms with van der Waals surface area (Å²) in [6, 6.07) is 0. The molecule has 1 atom stereocenters. The molecule has 1 rings (SSSR count). The van der Waals surface area contributed by atoms with Crippen LogP contribution in [0.1, 0.15) is 34.6 Å². The molecule has 10 heavy (non-hydrogen) atoms. The van der Waals surface area contributed by atoms with Crippen LogP contribution in [-0.2, 0) is 4.74 Å². The Morgan fingerprint density at radius 1 is 1.30 bits per heavy atom. The molecule has 1 unspecified atom stereocenters. The molecule has 0 spiro atoms. The molecule has 1 heterocycles. The molecule has 0 aliphatic carbocycles. The first kappa shape index (κ1) is 9.96. The molecule has 0 bridgehead atoms. The molecule has 0 N–H and O–H groups in total. The molecule has 0 saturated carbocycles. The molecule has 0 amide bonds. The van der Waals surface area contributed by atoms with Crippen LogP contribution < -0.4 is 0 Å². The first-order valence-corrected chi connectivity index (χ1v) is 4.21. The van der Waals surface area contributed by atoms with Gasteiger partial charge in [-0.15, -0.1) is 0 Å². The Labute approximate surface area is 64.8 Å². The quantitative estimate of drug-likeness (QED) is 0.508. The van der Waals surface area contributed by atoms with Crippen LogP contribution >= 0.6 is 0 Å². The number of hydrogen-bond donors (Lipinski definition) is 0. The van der Waals surface area contributed by atoms with Gasteiger partial charge in [0.1, 0.15) is 0 Å². The maximum atomic E-state index is 5.27. The van der Waals surface area contributed by atoms with E-state index in [9.17, 15) is 0 Å². The van der Waals surface area contributed by atoms with Crippen molar-refractivity contribution in [1.29, 1.82) is 0 Å². The number of hydrogen-bond acceptors (Lipinski definition) is 1. The van der Waals surface area contributed by atoms with Gasteiger partial charge in [-0.2, -0.15) is 0 Å². The molecule has 0 radical (unpaired) electrons. The van der Waals surface area contributed by atoms with Crippen molar-refractivity contribution in [3.8, 4) is 0 Å². The standard InChI is InChI=1S/C7H14O.C2H6/c1-6-4-8-5-7(6,2)3;1-2/h6H,4-5H2,1-3H3;1-2H3. The van der Waals surface area contributed by atoms with Crippen LogP contribution in [-0.4, -0.2) is 13.2 Å². The van der Waals surface area contributed by atoms with E-state index < -0.39 is 0 Å². The Morgan fingerprint density at radius 2 is 1.80 bits per heavy atom. The molecule has 1 aliphatic rings. The molecule has 0 aromatic rings. The molecular formula is C9H20O. The van der Waals surface area contributed by atoms with E-state index in [1.165, 1.54) is 0 Å². The fraction of sp³-hybridized carbons (Fsp3) is 1.00. The minimum absolute atomic E-state index is 0.431. The highest BCUT2D eigenvalue weighted by Crippen LogP contribution is 2.32. The van der Waals surface area contributed by atoms with Gasteiger partial charge in [-0.05, 0) is 11.3 Å². The van der Waals surface area contributed by atoms with E-state index in [2.05, 4.69) is 20.8 Å². The lowest BCUT2D eigenvalue weighted by molar-refractivity contribution is 0.166. The highest BCUT2D eigenvalue weighted by molar-refractivity contribution is 4.79. The van der Waals surface area contributed by atoms with Gasteiger partial charge in [0.15, 0.2) is 0 Å². The van der Waals surface area contributed by atoms with Gasteiger partial charge in [-0.25, -0.2) is 0 Å². The van der Waals surface area contributed by atoms with E-state index in [-0.39, 0.29) is 0 Å². The minimum Gasteiger partial charge on any atom is -0.381 e. The molecule has 1 heteroatoms. The van der Waals surface area contributed by atoms with Gasteiger partial charge >= 0.3 is 0 Å². The van der Waals surface area contributed by atoms with E-state index in [1.54, 1.807) is 0 Å². The van der Waals surface area contributed by atoms with Crippen LogP contribution in [0.2, 0.25) is 0 Å². The number of rotatable bonds is 0. The third kappa shape index (κ3) is 2.30. The van der Waals surface area contributed by atoms with Crippen molar-refractivity contribution in [2.45, 2.75) is 34.6 Å². The summed E-state index contributed by atoms with van der Waals surface area (Å²) in [6.45, 7) is 12.6. The molecule has 1 aliphatic heterocycles. The second-order valence-corrected chi connectivity index (χ2v) is 3.40. The average molecular weight is 144 g/mol. The summed E-state index contributed by atoms with van der Waals surface area (Å²) in [4.78, 5) is 0. The molecule has 62 valence electrons. The van der Waals surface area contributed by atoms with Crippen LogP contribution in [0.4, 0.5) is 0 Å². The van der Waals surface area contributed by atoms with Crippen LogP contribution in [0.25, 0.3) is 0 Å². The Kier molecular flexibility index (Phi) is 3.95. The topological polar surface area (TPSA) is 9.23 Å². The van der Waals surface area contributed by atoms with E-state index in [0.29, 0.717) is 5.41 Å². The largest absolute Gasteiger partial charge is 0.381 e. The first-order chi connectivity index (χ1) is 4.63. The van der Waals surface area contributed by atoms with Gasteiger partial charge in [0.25, 0.3) is 0 Å². The van der Waals surface area contributed by atoms with Crippen molar-refractivity contribution in [1.82, 2.24) is 0 Å². The van der Waals surface area contributed by atoms with Gasteiger partial charge in [0, 0.05) is 6.61 Å². The zero-order chi connectivity index (χ0) is 8.20. The smallest absolute Gasteiger partial charge is 0.0520 e. The third-order valence-electron chi connectivity index (χ3n) is 2.18. The third-order valence-corrected chi connectivity index (χ3v) is 2.18. The Bertz CT molecular complexity index is 86.7. The Hall–Kier alpha value is -0.0400. The summed E-state index contributed by atoms with van der Waals surface area (Å²) in [5.74, 6) is 0.738. The highest BCUT2D eigenvalue weighted by atomic mass is 16.5. The minimum atomic E-state index is 0.431. The van der Waals surface area contributed by atoms with Crippen molar-refractivity contribution >= 4 is 0 Å². The van der Waals surface area contributed by atoms with Crippen molar-refractivity contribution in [2.24, 2.45) is 11.3 Å². The second-order valence-electron chi connectivity index (χ2n) is 3.40. The molecule has 1 fully saturated rings. The molecule has 0 aromatic heterocycles. The molecule has 0 aromatic carbocycles. The summed E-state index contributed by atoms with van der Waals surface area (Å²) in [7, 11) is 0. The predicted octanol–water partition coefficient (Wildman–Crippen LogP) is 2.71. The van der Waals surface area contributed by atoms with E-state index in [1.807, 2.05) is 13.8 Å².